The number of hydrogen-bond donors (Lipinski definition) is 1. The monoisotopic (exact) mass is 279 g/mol. The molecule has 1 unspecified atom stereocenters. The highest BCUT2D eigenvalue weighted by molar-refractivity contribution is 6.31. The lowest BCUT2D eigenvalue weighted by Crippen LogP contribution is -2.23. The summed E-state index contributed by atoms with van der Waals surface area (Å²) in [6, 6.07) is 4.88. The van der Waals surface area contributed by atoms with Gasteiger partial charge in [0.2, 0.25) is 0 Å². The summed E-state index contributed by atoms with van der Waals surface area (Å²) in [5, 5.41) is 3.52. The molecule has 1 heterocycles. The highest BCUT2D eigenvalue weighted by Crippen LogP contribution is 2.25. The quantitative estimate of drug-likeness (QED) is 0.914. The number of benzene rings is 1. The van der Waals surface area contributed by atoms with E-state index in [9.17, 15) is 4.39 Å². The van der Waals surface area contributed by atoms with Gasteiger partial charge in [-0.1, -0.05) is 30.7 Å². The van der Waals surface area contributed by atoms with Gasteiger partial charge in [0.1, 0.15) is 12.1 Å². The number of likely N-dealkylation sites (N-methyl/N-ethyl adjacent to an activating group) is 1. The maximum Gasteiger partial charge on any atom is 0.142 e. The first-order valence-corrected chi connectivity index (χ1v) is 6.51. The second-order valence-electron chi connectivity index (χ2n) is 4.20. The standard InChI is InChI=1S/C14H15ClFN3/c1-2-19-13(11-7-17-9-18-8-11)6-10-4-3-5-12(16)14(10)15/h3-5,7-9,13,19H,2,6H2,1H3. The summed E-state index contributed by atoms with van der Waals surface area (Å²) in [6.45, 7) is 2.82. The Hall–Kier alpha value is -1.52. The molecule has 0 saturated heterocycles. The second-order valence-corrected chi connectivity index (χ2v) is 4.58. The predicted octanol–water partition coefficient (Wildman–Crippen LogP) is 3.16. The summed E-state index contributed by atoms with van der Waals surface area (Å²) in [7, 11) is 0. The maximum atomic E-state index is 13.4. The van der Waals surface area contributed by atoms with Gasteiger partial charge < -0.3 is 5.32 Å². The van der Waals surface area contributed by atoms with E-state index >= 15 is 0 Å². The molecule has 100 valence electrons. The Kier molecular flexibility index (Phi) is 4.82. The number of hydrogen-bond acceptors (Lipinski definition) is 3. The molecule has 0 spiro atoms. The van der Waals surface area contributed by atoms with Crippen LogP contribution in [-0.4, -0.2) is 16.5 Å². The van der Waals surface area contributed by atoms with E-state index in [4.69, 9.17) is 11.6 Å². The molecule has 0 aliphatic carbocycles. The van der Waals surface area contributed by atoms with Gasteiger partial charge >= 0.3 is 0 Å². The Bertz CT molecular complexity index is 533. The average molecular weight is 280 g/mol. The molecule has 1 aromatic heterocycles. The zero-order valence-electron chi connectivity index (χ0n) is 10.6. The molecule has 0 aliphatic heterocycles. The van der Waals surface area contributed by atoms with Crippen LogP contribution in [0.15, 0.2) is 36.9 Å². The van der Waals surface area contributed by atoms with Crippen LogP contribution in [0, 0.1) is 5.82 Å². The fraction of sp³-hybridized carbons (Fsp3) is 0.286. The number of rotatable bonds is 5. The van der Waals surface area contributed by atoms with Crippen LogP contribution >= 0.6 is 11.6 Å². The summed E-state index contributed by atoms with van der Waals surface area (Å²) in [5.74, 6) is -0.390. The van der Waals surface area contributed by atoms with E-state index in [1.807, 2.05) is 13.0 Å². The lowest BCUT2D eigenvalue weighted by Gasteiger charge is -2.18. The smallest absolute Gasteiger partial charge is 0.142 e. The van der Waals surface area contributed by atoms with Crippen molar-refractivity contribution in [2.45, 2.75) is 19.4 Å². The zero-order valence-corrected chi connectivity index (χ0v) is 11.4. The van der Waals surface area contributed by atoms with Crippen LogP contribution in [0.2, 0.25) is 5.02 Å². The SMILES string of the molecule is CCNC(Cc1cccc(F)c1Cl)c1cncnc1. The van der Waals surface area contributed by atoms with Gasteiger partial charge in [-0.25, -0.2) is 14.4 Å². The van der Waals surface area contributed by atoms with Gasteiger partial charge in [0.25, 0.3) is 0 Å². The Labute approximate surface area is 116 Å². The number of nitrogens with one attached hydrogen (secondary N) is 1. The van der Waals surface area contributed by atoms with Gasteiger partial charge in [0.15, 0.2) is 0 Å². The van der Waals surface area contributed by atoms with Crippen molar-refractivity contribution in [3.05, 3.63) is 58.9 Å². The molecule has 3 nitrogen and oxygen atoms in total. The number of aromatic nitrogens is 2. The Morgan fingerprint density at radius 3 is 2.74 bits per heavy atom. The van der Waals surface area contributed by atoms with E-state index in [1.165, 1.54) is 12.4 Å². The summed E-state index contributed by atoms with van der Waals surface area (Å²) < 4.78 is 13.4. The maximum absolute atomic E-state index is 13.4. The van der Waals surface area contributed by atoms with Crippen LogP contribution in [0.5, 0.6) is 0 Å². The molecule has 5 heteroatoms. The van der Waals surface area contributed by atoms with E-state index in [-0.39, 0.29) is 11.1 Å². The third-order valence-electron chi connectivity index (χ3n) is 2.89. The third kappa shape index (κ3) is 3.49. The molecular weight excluding hydrogens is 265 g/mol. The molecule has 2 aromatic rings. The van der Waals surface area contributed by atoms with Crippen molar-refractivity contribution in [2.24, 2.45) is 0 Å². The average Bonchev–Trinajstić information content (AvgIpc) is 2.44. The van der Waals surface area contributed by atoms with E-state index in [0.717, 1.165) is 17.7 Å². The minimum atomic E-state index is -0.390. The van der Waals surface area contributed by atoms with Crippen molar-refractivity contribution in [2.75, 3.05) is 6.54 Å². The second kappa shape index (κ2) is 6.59. The zero-order chi connectivity index (χ0) is 13.7. The molecule has 0 saturated carbocycles. The highest BCUT2D eigenvalue weighted by atomic mass is 35.5. The lowest BCUT2D eigenvalue weighted by atomic mass is 10.0. The van der Waals surface area contributed by atoms with E-state index in [1.54, 1.807) is 18.5 Å². The molecule has 2 rings (SSSR count). The fourth-order valence-electron chi connectivity index (χ4n) is 1.97. The Morgan fingerprint density at radius 1 is 1.32 bits per heavy atom. The molecule has 0 aliphatic rings. The lowest BCUT2D eigenvalue weighted by molar-refractivity contribution is 0.543. The summed E-state index contributed by atoms with van der Waals surface area (Å²) in [5.41, 5.74) is 1.74. The first kappa shape index (κ1) is 13.9. The van der Waals surface area contributed by atoms with E-state index in [2.05, 4.69) is 15.3 Å². The van der Waals surface area contributed by atoms with Gasteiger partial charge in [-0.3, -0.25) is 0 Å². The summed E-state index contributed by atoms with van der Waals surface area (Å²) in [4.78, 5) is 8.02. The predicted molar refractivity (Wildman–Crippen MR) is 73.6 cm³/mol. The summed E-state index contributed by atoms with van der Waals surface area (Å²) >= 11 is 5.99. The van der Waals surface area contributed by atoms with Gasteiger partial charge in [-0.05, 0) is 24.6 Å². The van der Waals surface area contributed by atoms with Gasteiger partial charge in [0, 0.05) is 24.0 Å². The molecule has 1 N–H and O–H groups in total. The first-order chi connectivity index (χ1) is 9.22. The molecular formula is C14H15ClFN3. The van der Waals surface area contributed by atoms with E-state index in [0.29, 0.717) is 6.42 Å². The fourth-order valence-corrected chi connectivity index (χ4v) is 2.17. The van der Waals surface area contributed by atoms with Crippen molar-refractivity contribution in [1.29, 1.82) is 0 Å². The minimum Gasteiger partial charge on any atom is -0.310 e. The van der Waals surface area contributed by atoms with Gasteiger partial charge in [-0.15, -0.1) is 0 Å². The number of halogens is 2. The van der Waals surface area contributed by atoms with Crippen LogP contribution in [0.3, 0.4) is 0 Å². The topological polar surface area (TPSA) is 37.8 Å². The highest BCUT2D eigenvalue weighted by Gasteiger charge is 2.15. The van der Waals surface area contributed by atoms with Crippen molar-refractivity contribution >= 4 is 11.6 Å². The molecule has 0 amide bonds. The molecule has 1 atom stereocenters. The Balaban J connectivity index is 2.24. The largest absolute Gasteiger partial charge is 0.310 e. The van der Waals surface area contributed by atoms with E-state index < -0.39 is 5.82 Å². The molecule has 19 heavy (non-hydrogen) atoms. The van der Waals surface area contributed by atoms with Crippen LogP contribution in [-0.2, 0) is 6.42 Å². The van der Waals surface area contributed by atoms with Crippen LogP contribution in [0.4, 0.5) is 4.39 Å². The first-order valence-electron chi connectivity index (χ1n) is 6.13. The van der Waals surface area contributed by atoms with Crippen LogP contribution in [0.25, 0.3) is 0 Å². The minimum absolute atomic E-state index is 0.0190. The van der Waals surface area contributed by atoms with Crippen molar-refractivity contribution < 1.29 is 4.39 Å². The Morgan fingerprint density at radius 2 is 2.05 bits per heavy atom. The van der Waals surface area contributed by atoms with Crippen molar-refractivity contribution in [1.82, 2.24) is 15.3 Å². The summed E-state index contributed by atoms with van der Waals surface area (Å²) in [6.07, 6.45) is 5.60. The molecule has 0 radical (unpaired) electrons. The van der Waals surface area contributed by atoms with Crippen LogP contribution < -0.4 is 5.32 Å². The molecule has 0 bridgehead atoms. The molecule has 1 aromatic carbocycles. The van der Waals surface area contributed by atoms with Crippen LogP contribution in [0.1, 0.15) is 24.1 Å². The van der Waals surface area contributed by atoms with Gasteiger partial charge in [-0.2, -0.15) is 0 Å². The van der Waals surface area contributed by atoms with Gasteiger partial charge in [0.05, 0.1) is 5.02 Å². The third-order valence-corrected chi connectivity index (χ3v) is 3.31. The molecule has 0 fully saturated rings. The van der Waals surface area contributed by atoms with Crippen molar-refractivity contribution in [3.63, 3.8) is 0 Å². The number of nitrogens with zero attached hydrogens (tertiary/aromatic N) is 2. The van der Waals surface area contributed by atoms with Crippen molar-refractivity contribution in [3.8, 4) is 0 Å². The normalized spacial score (nSPS) is 12.4.